The second-order valence-corrected chi connectivity index (χ2v) is 11.2. The first-order valence-electron chi connectivity index (χ1n) is 14.8. The van der Waals surface area contributed by atoms with Gasteiger partial charge in [0.25, 0.3) is 0 Å². The van der Waals surface area contributed by atoms with Gasteiger partial charge in [0.2, 0.25) is 0 Å². The molecule has 0 atom stereocenters. The third-order valence-corrected chi connectivity index (χ3v) is 8.84. The average Bonchev–Trinajstić information content (AvgIpc) is 3.47. The first-order valence-corrected chi connectivity index (χ1v) is 14.8. The lowest BCUT2D eigenvalue weighted by Gasteiger charge is -2.18. The van der Waals surface area contributed by atoms with Gasteiger partial charge in [0.15, 0.2) is 0 Å². The Labute approximate surface area is 249 Å². The van der Waals surface area contributed by atoms with E-state index < -0.39 is 0 Å². The zero-order valence-corrected chi connectivity index (χ0v) is 23.4. The fourth-order valence-corrected chi connectivity index (χ4v) is 7.03. The normalized spacial score (nSPS) is 11.7. The molecule has 8 aromatic carbocycles. The van der Waals surface area contributed by atoms with Gasteiger partial charge in [-0.25, -0.2) is 0 Å². The van der Waals surface area contributed by atoms with Crippen molar-refractivity contribution in [3.8, 4) is 33.4 Å². The largest absolute Gasteiger partial charge is 0.456 e. The monoisotopic (exact) mass is 546 g/mol. The van der Waals surface area contributed by atoms with Gasteiger partial charge < -0.3 is 4.42 Å². The van der Waals surface area contributed by atoms with Gasteiger partial charge in [-0.05, 0) is 83.9 Å². The van der Waals surface area contributed by atoms with Crippen LogP contribution in [0.5, 0.6) is 0 Å². The number of furan rings is 1. The molecule has 0 fully saturated rings. The number of hydrogen-bond acceptors (Lipinski definition) is 1. The number of hydrogen-bond donors (Lipinski definition) is 0. The van der Waals surface area contributed by atoms with Crippen molar-refractivity contribution in [1.29, 1.82) is 0 Å². The first-order chi connectivity index (χ1) is 21.3. The van der Waals surface area contributed by atoms with E-state index in [4.69, 9.17) is 4.42 Å². The van der Waals surface area contributed by atoms with Crippen molar-refractivity contribution in [1.82, 2.24) is 0 Å². The van der Waals surface area contributed by atoms with Gasteiger partial charge in [-0.2, -0.15) is 0 Å². The summed E-state index contributed by atoms with van der Waals surface area (Å²) in [5.41, 5.74) is 9.20. The van der Waals surface area contributed by atoms with Crippen molar-refractivity contribution in [3.05, 3.63) is 158 Å². The summed E-state index contributed by atoms with van der Waals surface area (Å²) in [6, 6.07) is 56.7. The van der Waals surface area contributed by atoms with Crippen LogP contribution in [0.25, 0.3) is 87.6 Å². The zero-order chi connectivity index (χ0) is 28.3. The Morgan fingerprint density at radius 1 is 0.326 bits per heavy atom. The molecular formula is C42H26O. The topological polar surface area (TPSA) is 13.1 Å². The summed E-state index contributed by atoms with van der Waals surface area (Å²) in [6.07, 6.45) is 0. The lowest BCUT2D eigenvalue weighted by Crippen LogP contribution is -1.91. The number of fused-ring (bicyclic) bond motifs is 7. The summed E-state index contributed by atoms with van der Waals surface area (Å²) in [5, 5.41) is 9.83. The fraction of sp³-hybridized carbons (Fsp3) is 0. The van der Waals surface area contributed by atoms with E-state index >= 15 is 0 Å². The first kappa shape index (κ1) is 24.0. The molecule has 43 heavy (non-hydrogen) atoms. The molecule has 0 unspecified atom stereocenters. The van der Waals surface area contributed by atoms with E-state index in [1.807, 2.05) is 0 Å². The summed E-state index contributed by atoms with van der Waals surface area (Å²) in [6.45, 7) is 0. The van der Waals surface area contributed by atoms with Crippen molar-refractivity contribution in [2.45, 2.75) is 0 Å². The molecule has 0 bridgehead atoms. The third kappa shape index (κ3) is 3.65. The number of rotatable bonds is 3. The van der Waals surface area contributed by atoms with Gasteiger partial charge in [0.1, 0.15) is 11.2 Å². The molecule has 200 valence electrons. The van der Waals surface area contributed by atoms with Crippen LogP contribution >= 0.6 is 0 Å². The van der Waals surface area contributed by atoms with Crippen molar-refractivity contribution >= 4 is 54.3 Å². The molecule has 0 aliphatic rings. The minimum Gasteiger partial charge on any atom is -0.456 e. The van der Waals surface area contributed by atoms with Crippen LogP contribution < -0.4 is 0 Å². The Balaban J connectivity index is 1.34. The molecule has 9 aromatic rings. The molecule has 0 N–H and O–H groups in total. The van der Waals surface area contributed by atoms with E-state index in [9.17, 15) is 0 Å². The van der Waals surface area contributed by atoms with Gasteiger partial charge >= 0.3 is 0 Å². The quantitative estimate of drug-likeness (QED) is 0.201. The van der Waals surface area contributed by atoms with E-state index in [0.29, 0.717) is 0 Å². The Kier molecular flexibility index (Phi) is 5.27. The highest BCUT2D eigenvalue weighted by Crippen LogP contribution is 2.45. The molecule has 0 spiro atoms. The highest BCUT2D eigenvalue weighted by molar-refractivity contribution is 6.24. The van der Waals surface area contributed by atoms with Crippen LogP contribution in [0, 0.1) is 0 Å². The van der Waals surface area contributed by atoms with Crippen molar-refractivity contribution in [2.24, 2.45) is 0 Å². The average molecular weight is 547 g/mol. The fourth-order valence-electron chi connectivity index (χ4n) is 7.03. The summed E-state index contributed by atoms with van der Waals surface area (Å²) >= 11 is 0. The summed E-state index contributed by atoms with van der Waals surface area (Å²) in [4.78, 5) is 0. The van der Waals surface area contributed by atoms with Crippen LogP contribution in [0.3, 0.4) is 0 Å². The Bertz CT molecular complexity index is 2440. The molecule has 0 saturated carbocycles. The molecule has 1 heterocycles. The number of benzene rings is 8. The second-order valence-electron chi connectivity index (χ2n) is 11.2. The third-order valence-electron chi connectivity index (χ3n) is 8.84. The molecular weight excluding hydrogens is 520 g/mol. The van der Waals surface area contributed by atoms with E-state index in [0.717, 1.165) is 11.2 Å². The van der Waals surface area contributed by atoms with E-state index in [1.54, 1.807) is 0 Å². The van der Waals surface area contributed by atoms with Crippen LogP contribution in [-0.2, 0) is 0 Å². The summed E-state index contributed by atoms with van der Waals surface area (Å²) in [5.74, 6) is 0. The van der Waals surface area contributed by atoms with Crippen molar-refractivity contribution in [3.63, 3.8) is 0 Å². The molecule has 9 rings (SSSR count). The van der Waals surface area contributed by atoms with Crippen molar-refractivity contribution < 1.29 is 4.42 Å². The van der Waals surface area contributed by atoms with E-state index in [-0.39, 0.29) is 0 Å². The standard InChI is InChI=1S/C42H26O/c1-2-13-28(14-3-1)39-33-18-6-8-20-35(33)40(36-21-9-7-19-34(36)39)30-16-10-15-29(26-30)32-22-11-23-37-42(32)41-31-17-5-4-12-27(31)24-25-38(41)43-37/h1-26H. The zero-order valence-electron chi connectivity index (χ0n) is 23.4. The smallest absolute Gasteiger partial charge is 0.136 e. The van der Waals surface area contributed by atoms with E-state index in [1.165, 1.54) is 76.5 Å². The van der Waals surface area contributed by atoms with Gasteiger partial charge in [-0.3, -0.25) is 0 Å². The van der Waals surface area contributed by atoms with Crippen LogP contribution in [0.2, 0.25) is 0 Å². The van der Waals surface area contributed by atoms with Gasteiger partial charge in [0.05, 0.1) is 0 Å². The van der Waals surface area contributed by atoms with Crippen LogP contribution in [0.15, 0.2) is 162 Å². The Hall–Kier alpha value is -5.66. The maximum atomic E-state index is 6.41. The summed E-state index contributed by atoms with van der Waals surface area (Å²) in [7, 11) is 0. The molecule has 0 aliphatic carbocycles. The lowest BCUT2D eigenvalue weighted by molar-refractivity contribution is 0.669. The molecule has 1 aromatic heterocycles. The van der Waals surface area contributed by atoms with Crippen LogP contribution in [0.1, 0.15) is 0 Å². The van der Waals surface area contributed by atoms with Gasteiger partial charge in [-0.1, -0.05) is 140 Å². The molecule has 1 heteroatoms. The molecule has 0 radical (unpaired) electrons. The minimum absolute atomic E-state index is 0.914. The Morgan fingerprint density at radius 2 is 0.860 bits per heavy atom. The molecule has 0 aliphatic heterocycles. The lowest BCUT2D eigenvalue weighted by atomic mass is 9.85. The second kappa shape index (κ2) is 9.44. The maximum Gasteiger partial charge on any atom is 0.136 e. The van der Waals surface area contributed by atoms with Crippen LogP contribution in [0.4, 0.5) is 0 Å². The summed E-state index contributed by atoms with van der Waals surface area (Å²) < 4.78 is 6.41. The Morgan fingerprint density at radius 3 is 1.58 bits per heavy atom. The van der Waals surface area contributed by atoms with Gasteiger partial charge in [-0.15, -0.1) is 0 Å². The van der Waals surface area contributed by atoms with Crippen LogP contribution in [-0.4, -0.2) is 0 Å². The SMILES string of the molecule is c1ccc(-c2c3ccccc3c(-c3cccc(-c4cccc5oc6ccc7ccccc7c6c45)c3)c3ccccc23)cc1. The van der Waals surface area contributed by atoms with Crippen molar-refractivity contribution in [2.75, 3.05) is 0 Å². The highest BCUT2D eigenvalue weighted by Gasteiger charge is 2.18. The molecule has 0 saturated heterocycles. The molecule has 0 amide bonds. The predicted octanol–water partition coefficient (Wildman–Crippen LogP) is 12.0. The van der Waals surface area contributed by atoms with E-state index in [2.05, 4.69) is 158 Å². The predicted molar refractivity (Wildman–Crippen MR) is 183 cm³/mol. The maximum absolute atomic E-state index is 6.41. The minimum atomic E-state index is 0.914. The van der Waals surface area contributed by atoms with Gasteiger partial charge in [0, 0.05) is 10.8 Å². The molecule has 1 nitrogen and oxygen atoms in total. The highest BCUT2D eigenvalue weighted by atomic mass is 16.3.